The number of esters is 1. The number of carbonyl (C=O) groups excluding carboxylic acids is 3. The zero-order valence-electron chi connectivity index (χ0n) is 16.9. The lowest BCUT2D eigenvalue weighted by Gasteiger charge is -2.44. The Morgan fingerprint density at radius 2 is 1.97 bits per heavy atom. The maximum absolute atomic E-state index is 12.9. The molecule has 0 unspecified atom stereocenters. The minimum Gasteiger partial charge on any atom is -0.463 e. The van der Waals surface area contributed by atoms with Crippen molar-refractivity contribution in [1.29, 1.82) is 5.26 Å². The Bertz CT molecular complexity index is 885. The van der Waals surface area contributed by atoms with E-state index in [1.165, 1.54) is 0 Å². The van der Waals surface area contributed by atoms with Crippen LogP contribution >= 0.6 is 11.8 Å². The fourth-order valence-corrected chi connectivity index (χ4v) is 5.19. The number of hydrogen-bond acceptors (Lipinski definition) is 6. The maximum atomic E-state index is 12.9. The highest BCUT2D eigenvalue weighted by molar-refractivity contribution is 8.03. The van der Waals surface area contributed by atoms with Crippen LogP contribution in [0.1, 0.15) is 39.0 Å². The first-order chi connectivity index (χ1) is 14.5. The van der Waals surface area contributed by atoms with Crippen LogP contribution in [0.15, 0.2) is 40.9 Å². The summed E-state index contributed by atoms with van der Waals surface area (Å²) in [4.78, 5) is 38.1. The molecule has 1 fully saturated rings. The molecule has 0 bridgehead atoms. The molecule has 2 amide bonds. The Balaban J connectivity index is 1.90. The summed E-state index contributed by atoms with van der Waals surface area (Å²) in [5.74, 6) is -2.12. The van der Waals surface area contributed by atoms with E-state index in [1.54, 1.807) is 19.1 Å². The van der Waals surface area contributed by atoms with Crippen molar-refractivity contribution in [2.45, 2.75) is 39.0 Å². The van der Waals surface area contributed by atoms with Gasteiger partial charge in [-0.15, -0.1) is 0 Å². The van der Waals surface area contributed by atoms with Crippen molar-refractivity contribution >= 4 is 35.2 Å². The maximum Gasteiger partial charge on any atom is 0.337 e. The Hall–Kier alpha value is -2.79. The first kappa shape index (κ1) is 21.9. The smallest absolute Gasteiger partial charge is 0.337 e. The van der Waals surface area contributed by atoms with Gasteiger partial charge in [-0.2, -0.15) is 5.26 Å². The number of ether oxygens (including phenoxy) is 1. The third kappa shape index (κ3) is 4.51. The van der Waals surface area contributed by atoms with Crippen molar-refractivity contribution in [3.63, 3.8) is 0 Å². The van der Waals surface area contributed by atoms with Gasteiger partial charge in [0.1, 0.15) is 5.92 Å². The van der Waals surface area contributed by atoms with Crippen LogP contribution in [0, 0.1) is 22.7 Å². The molecule has 0 radical (unpaired) electrons. The molecule has 7 nitrogen and oxygen atoms in total. The summed E-state index contributed by atoms with van der Waals surface area (Å²) in [5, 5.41) is 15.5. The minimum atomic E-state index is -0.945. The Kier molecular flexibility index (Phi) is 7.16. The molecule has 2 N–H and O–H groups in total. The lowest BCUT2D eigenvalue weighted by Crippen LogP contribution is -2.50. The highest BCUT2D eigenvalue weighted by Gasteiger charge is 2.53. The summed E-state index contributed by atoms with van der Waals surface area (Å²) in [5.41, 5.74) is 0.149. The first-order valence-electron chi connectivity index (χ1n) is 10.1. The van der Waals surface area contributed by atoms with Gasteiger partial charge in [0.25, 0.3) is 0 Å². The number of thioether (sulfide) groups is 1. The van der Waals surface area contributed by atoms with E-state index in [4.69, 9.17) is 4.74 Å². The van der Waals surface area contributed by atoms with Crippen molar-refractivity contribution in [2.24, 2.45) is 11.3 Å². The van der Waals surface area contributed by atoms with Crippen molar-refractivity contribution in [3.05, 3.63) is 40.9 Å². The average molecular weight is 428 g/mol. The van der Waals surface area contributed by atoms with E-state index in [2.05, 4.69) is 16.7 Å². The van der Waals surface area contributed by atoms with Crippen molar-refractivity contribution in [3.8, 4) is 6.07 Å². The molecular weight excluding hydrogens is 402 g/mol. The molecule has 1 aliphatic heterocycles. The monoisotopic (exact) mass is 427 g/mol. The van der Waals surface area contributed by atoms with E-state index in [0.29, 0.717) is 29.1 Å². The molecule has 1 spiro atoms. The van der Waals surface area contributed by atoms with Crippen LogP contribution < -0.4 is 10.6 Å². The van der Waals surface area contributed by atoms with E-state index in [9.17, 15) is 19.6 Å². The van der Waals surface area contributed by atoms with Gasteiger partial charge in [0.2, 0.25) is 11.8 Å². The largest absolute Gasteiger partial charge is 0.463 e. The van der Waals surface area contributed by atoms with Gasteiger partial charge in [0.05, 0.1) is 29.0 Å². The standard InChI is InChI=1S/C22H25N3O4S/c1-2-29-21(28)18-20(30-14-17(26)24-15-9-5-3-6-10-15)25-19(27)16(13-23)22(18)11-7-4-8-12-22/h3,5-6,9-10,16H,2,4,7-8,11-12,14H2,1H3,(H,24,26)(H,25,27)/t16-/m0/s1. The van der Waals surface area contributed by atoms with E-state index < -0.39 is 23.2 Å². The lowest BCUT2D eigenvalue weighted by atomic mass is 9.60. The van der Waals surface area contributed by atoms with Gasteiger partial charge < -0.3 is 15.4 Å². The Labute approximate surface area is 180 Å². The van der Waals surface area contributed by atoms with Crippen molar-refractivity contribution in [2.75, 3.05) is 17.7 Å². The number of anilines is 1. The molecule has 0 aromatic heterocycles. The number of nitrogens with zero attached hydrogens (tertiary/aromatic N) is 1. The normalized spacial score (nSPS) is 20.3. The quantitative estimate of drug-likeness (QED) is 0.674. The number of amides is 2. The molecule has 158 valence electrons. The zero-order valence-corrected chi connectivity index (χ0v) is 17.7. The van der Waals surface area contributed by atoms with E-state index >= 15 is 0 Å². The van der Waals surface area contributed by atoms with Gasteiger partial charge in [0, 0.05) is 11.1 Å². The van der Waals surface area contributed by atoms with E-state index in [1.807, 2.05) is 18.2 Å². The molecule has 3 rings (SSSR count). The molecule has 1 atom stereocenters. The first-order valence-corrected chi connectivity index (χ1v) is 11.1. The molecular formula is C22H25N3O4S. The fourth-order valence-electron chi connectivity index (χ4n) is 4.24. The number of nitriles is 1. The molecule has 1 aromatic carbocycles. The zero-order chi connectivity index (χ0) is 21.6. The molecule has 0 saturated heterocycles. The third-order valence-corrected chi connectivity index (χ3v) is 6.54. The third-order valence-electron chi connectivity index (χ3n) is 5.54. The summed E-state index contributed by atoms with van der Waals surface area (Å²) >= 11 is 1.10. The predicted molar refractivity (Wildman–Crippen MR) is 114 cm³/mol. The van der Waals surface area contributed by atoms with Gasteiger partial charge in [0.15, 0.2) is 0 Å². The summed E-state index contributed by atoms with van der Waals surface area (Å²) in [6, 6.07) is 11.2. The lowest BCUT2D eigenvalue weighted by molar-refractivity contribution is -0.142. The molecule has 1 aliphatic carbocycles. The second kappa shape index (κ2) is 9.81. The molecule has 1 aromatic rings. The second-order valence-corrected chi connectivity index (χ2v) is 8.38. The Morgan fingerprint density at radius 1 is 1.27 bits per heavy atom. The number of nitrogens with one attached hydrogen (secondary N) is 2. The summed E-state index contributed by atoms with van der Waals surface area (Å²) < 4.78 is 5.30. The van der Waals surface area contributed by atoms with Crippen molar-refractivity contribution in [1.82, 2.24) is 5.32 Å². The number of carbonyl (C=O) groups is 3. The van der Waals surface area contributed by atoms with Crippen LogP contribution in [0.25, 0.3) is 0 Å². The van der Waals surface area contributed by atoms with Crippen LogP contribution in [-0.4, -0.2) is 30.1 Å². The van der Waals surface area contributed by atoms with Crippen LogP contribution in [0.4, 0.5) is 5.69 Å². The Morgan fingerprint density at radius 3 is 2.60 bits per heavy atom. The summed E-state index contributed by atoms with van der Waals surface area (Å²) in [6.45, 7) is 1.91. The van der Waals surface area contributed by atoms with E-state index in [0.717, 1.165) is 31.0 Å². The average Bonchev–Trinajstić information content (AvgIpc) is 2.74. The van der Waals surface area contributed by atoms with Crippen molar-refractivity contribution < 1.29 is 19.1 Å². The number of benzene rings is 1. The fraction of sp³-hybridized carbons (Fsp3) is 0.455. The van der Waals surface area contributed by atoms with Gasteiger partial charge in [-0.3, -0.25) is 9.59 Å². The van der Waals surface area contributed by atoms with Crippen LogP contribution in [-0.2, 0) is 19.1 Å². The molecule has 30 heavy (non-hydrogen) atoms. The minimum absolute atomic E-state index is 0.0146. The molecule has 1 saturated carbocycles. The number of rotatable bonds is 6. The van der Waals surface area contributed by atoms with Crippen LogP contribution in [0.3, 0.4) is 0 Å². The van der Waals surface area contributed by atoms with Gasteiger partial charge in [-0.05, 0) is 31.9 Å². The number of hydrogen-bond donors (Lipinski definition) is 2. The molecule has 8 heteroatoms. The van der Waals surface area contributed by atoms with Gasteiger partial charge >= 0.3 is 5.97 Å². The van der Waals surface area contributed by atoms with Gasteiger partial charge in [-0.1, -0.05) is 49.2 Å². The summed E-state index contributed by atoms with van der Waals surface area (Å²) in [7, 11) is 0. The van der Waals surface area contributed by atoms with Crippen LogP contribution in [0.2, 0.25) is 0 Å². The predicted octanol–water partition coefficient (Wildman–Crippen LogP) is 3.35. The SMILES string of the molecule is CCOC(=O)C1=C(SCC(=O)Nc2ccccc2)NC(=O)[C@H](C#N)C12CCCCC2. The van der Waals surface area contributed by atoms with E-state index in [-0.39, 0.29) is 18.3 Å². The molecule has 1 heterocycles. The second-order valence-electron chi connectivity index (χ2n) is 7.40. The van der Waals surface area contributed by atoms with Crippen LogP contribution in [0.5, 0.6) is 0 Å². The topological polar surface area (TPSA) is 108 Å². The summed E-state index contributed by atoms with van der Waals surface area (Å²) in [6.07, 6.45) is 3.82. The highest BCUT2D eigenvalue weighted by Crippen LogP contribution is 2.52. The highest BCUT2D eigenvalue weighted by atomic mass is 32.2. The molecule has 2 aliphatic rings. The van der Waals surface area contributed by atoms with Gasteiger partial charge in [-0.25, -0.2) is 4.79 Å². The number of para-hydroxylation sites is 1.